The molecule has 0 spiro atoms. The number of rotatable bonds is 2. The number of hydrogen-bond acceptors (Lipinski definition) is 4. The number of ether oxygens (including phenoxy) is 1. The standard InChI is InChI=1S/C15H17N3O2/c1-9-12(6-7-20-9)18-15(19)11-8-14(16)17-13-5-3-2-4-10(11)13/h2-5,8-9,12H,6-7H2,1H3,(H2,16,17)(H,18,19). The van der Waals surface area contributed by atoms with Crippen LogP contribution in [0, 0.1) is 0 Å². The molecule has 1 saturated heterocycles. The van der Waals surface area contributed by atoms with Crippen LogP contribution in [0.2, 0.25) is 0 Å². The van der Waals surface area contributed by atoms with Crippen molar-refractivity contribution >= 4 is 22.6 Å². The van der Waals surface area contributed by atoms with E-state index in [1.807, 2.05) is 31.2 Å². The van der Waals surface area contributed by atoms with Crippen molar-refractivity contribution < 1.29 is 9.53 Å². The maximum Gasteiger partial charge on any atom is 0.252 e. The molecule has 1 fully saturated rings. The minimum absolute atomic E-state index is 0.0457. The Kier molecular flexibility index (Phi) is 3.28. The molecule has 2 atom stereocenters. The lowest BCUT2D eigenvalue weighted by Crippen LogP contribution is -2.39. The first-order valence-corrected chi connectivity index (χ1v) is 6.73. The van der Waals surface area contributed by atoms with Gasteiger partial charge >= 0.3 is 0 Å². The quantitative estimate of drug-likeness (QED) is 0.872. The van der Waals surface area contributed by atoms with Crippen LogP contribution in [-0.2, 0) is 4.74 Å². The summed E-state index contributed by atoms with van der Waals surface area (Å²) in [5.74, 6) is 0.224. The molecule has 1 amide bonds. The van der Waals surface area contributed by atoms with Crippen molar-refractivity contribution in [3.05, 3.63) is 35.9 Å². The van der Waals surface area contributed by atoms with Crippen LogP contribution >= 0.6 is 0 Å². The molecule has 0 radical (unpaired) electrons. The highest BCUT2D eigenvalue weighted by atomic mass is 16.5. The van der Waals surface area contributed by atoms with Crippen LogP contribution in [0.4, 0.5) is 5.82 Å². The van der Waals surface area contributed by atoms with Crippen molar-refractivity contribution in [3.63, 3.8) is 0 Å². The normalized spacial score (nSPS) is 22.1. The molecule has 0 aliphatic carbocycles. The van der Waals surface area contributed by atoms with Gasteiger partial charge in [-0.2, -0.15) is 0 Å². The molecule has 0 bridgehead atoms. The van der Waals surface area contributed by atoms with Crippen LogP contribution < -0.4 is 11.1 Å². The van der Waals surface area contributed by atoms with Crippen LogP contribution in [0.25, 0.3) is 10.9 Å². The maximum absolute atomic E-state index is 12.5. The molecule has 1 aromatic heterocycles. The number of pyridine rings is 1. The molecule has 2 unspecified atom stereocenters. The molecule has 3 N–H and O–H groups in total. The van der Waals surface area contributed by atoms with Crippen molar-refractivity contribution in [2.75, 3.05) is 12.3 Å². The molecule has 3 rings (SSSR count). The Morgan fingerprint density at radius 3 is 3.00 bits per heavy atom. The van der Waals surface area contributed by atoms with E-state index < -0.39 is 0 Å². The largest absolute Gasteiger partial charge is 0.384 e. The SMILES string of the molecule is CC1OCCC1NC(=O)c1cc(N)nc2ccccc12. The number of benzene rings is 1. The molecule has 5 heteroatoms. The molecular formula is C15H17N3O2. The molecule has 5 nitrogen and oxygen atoms in total. The molecule has 2 aromatic rings. The second kappa shape index (κ2) is 5.09. The van der Waals surface area contributed by atoms with Gasteiger partial charge in [0.1, 0.15) is 5.82 Å². The zero-order chi connectivity index (χ0) is 14.1. The third kappa shape index (κ3) is 2.32. The first kappa shape index (κ1) is 12.9. The highest BCUT2D eigenvalue weighted by molar-refractivity contribution is 6.07. The summed E-state index contributed by atoms with van der Waals surface area (Å²) in [6.07, 6.45) is 0.884. The van der Waals surface area contributed by atoms with Crippen LogP contribution in [0.5, 0.6) is 0 Å². The molecule has 0 saturated carbocycles. The summed E-state index contributed by atoms with van der Waals surface area (Å²) in [6, 6.07) is 9.17. The number of anilines is 1. The minimum atomic E-state index is -0.127. The topological polar surface area (TPSA) is 77.2 Å². The van der Waals surface area contributed by atoms with Gasteiger partial charge in [0.2, 0.25) is 0 Å². The third-order valence-corrected chi connectivity index (χ3v) is 3.67. The Labute approximate surface area is 117 Å². The Hall–Kier alpha value is -2.14. The predicted octanol–water partition coefficient (Wildman–Crippen LogP) is 1.72. The number of nitrogen functional groups attached to an aromatic ring is 1. The molecule has 104 valence electrons. The van der Waals surface area contributed by atoms with E-state index in [2.05, 4.69) is 10.3 Å². The monoisotopic (exact) mass is 271 g/mol. The van der Waals surface area contributed by atoms with Gasteiger partial charge in [-0.1, -0.05) is 18.2 Å². The van der Waals surface area contributed by atoms with Crippen molar-refractivity contribution in [1.82, 2.24) is 10.3 Å². The van der Waals surface area contributed by atoms with E-state index in [4.69, 9.17) is 10.5 Å². The number of nitrogens with two attached hydrogens (primary N) is 1. The number of hydrogen-bond donors (Lipinski definition) is 2. The zero-order valence-electron chi connectivity index (χ0n) is 11.3. The summed E-state index contributed by atoms with van der Waals surface area (Å²) in [7, 11) is 0. The van der Waals surface area contributed by atoms with Gasteiger partial charge in [-0.25, -0.2) is 4.98 Å². The summed E-state index contributed by atoms with van der Waals surface area (Å²) < 4.78 is 5.46. The number of carbonyl (C=O) groups is 1. The van der Waals surface area contributed by atoms with Crippen molar-refractivity contribution in [2.45, 2.75) is 25.5 Å². The average Bonchev–Trinajstić information content (AvgIpc) is 2.83. The van der Waals surface area contributed by atoms with Crippen LogP contribution in [0.1, 0.15) is 23.7 Å². The molecule has 1 aliphatic rings. The van der Waals surface area contributed by atoms with E-state index in [0.717, 1.165) is 17.3 Å². The molecule has 1 aromatic carbocycles. The van der Waals surface area contributed by atoms with Crippen LogP contribution in [-0.4, -0.2) is 29.6 Å². The van der Waals surface area contributed by atoms with E-state index in [0.29, 0.717) is 18.0 Å². The summed E-state index contributed by atoms with van der Waals surface area (Å²) in [4.78, 5) is 16.7. The Morgan fingerprint density at radius 1 is 1.45 bits per heavy atom. The third-order valence-electron chi connectivity index (χ3n) is 3.67. The number of para-hydroxylation sites is 1. The van der Waals surface area contributed by atoms with Crippen molar-refractivity contribution in [1.29, 1.82) is 0 Å². The fraction of sp³-hybridized carbons (Fsp3) is 0.333. The average molecular weight is 271 g/mol. The van der Waals surface area contributed by atoms with Gasteiger partial charge in [0.15, 0.2) is 0 Å². The number of nitrogens with zero attached hydrogens (tertiary/aromatic N) is 1. The first-order chi connectivity index (χ1) is 9.65. The highest BCUT2D eigenvalue weighted by Crippen LogP contribution is 2.20. The fourth-order valence-electron chi connectivity index (χ4n) is 2.55. The molecule has 20 heavy (non-hydrogen) atoms. The van der Waals surface area contributed by atoms with Crippen LogP contribution in [0.3, 0.4) is 0 Å². The Balaban J connectivity index is 1.94. The Morgan fingerprint density at radius 2 is 2.25 bits per heavy atom. The second-order valence-electron chi connectivity index (χ2n) is 5.06. The number of amides is 1. The summed E-state index contributed by atoms with van der Waals surface area (Å²) in [5, 5.41) is 3.83. The number of fused-ring (bicyclic) bond motifs is 1. The van der Waals surface area contributed by atoms with Gasteiger partial charge in [0.05, 0.1) is 23.2 Å². The van der Waals surface area contributed by atoms with Gasteiger partial charge < -0.3 is 15.8 Å². The lowest BCUT2D eigenvalue weighted by molar-refractivity contribution is 0.0867. The minimum Gasteiger partial charge on any atom is -0.384 e. The lowest BCUT2D eigenvalue weighted by atomic mass is 10.1. The van der Waals surface area contributed by atoms with E-state index in [-0.39, 0.29) is 18.1 Å². The van der Waals surface area contributed by atoms with Gasteiger partial charge in [-0.05, 0) is 25.5 Å². The van der Waals surface area contributed by atoms with E-state index >= 15 is 0 Å². The predicted molar refractivity (Wildman–Crippen MR) is 77.4 cm³/mol. The first-order valence-electron chi connectivity index (χ1n) is 6.73. The number of aromatic nitrogens is 1. The van der Waals surface area contributed by atoms with Gasteiger partial charge in [-0.15, -0.1) is 0 Å². The number of carbonyl (C=O) groups excluding carboxylic acids is 1. The summed E-state index contributed by atoms with van der Waals surface area (Å²) in [5.41, 5.74) is 7.07. The molecular weight excluding hydrogens is 254 g/mol. The van der Waals surface area contributed by atoms with E-state index in [1.165, 1.54) is 0 Å². The Bertz CT molecular complexity index is 657. The highest BCUT2D eigenvalue weighted by Gasteiger charge is 2.26. The lowest BCUT2D eigenvalue weighted by Gasteiger charge is -2.16. The summed E-state index contributed by atoms with van der Waals surface area (Å²) in [6.45, 7) is 2.66. The van der Waals surface area contributed by atoms with Gasteiger partial charge in [-0.3, -0.25) is 4.79 Å². The van der Waals surface area contributed by atoms with E-state index in [9.17, 15) is 4.79 Å². The van der Waals surface area contributed by atoms with Crippen molar-refractivity contribution in [3.8, 4) is 0 Å². The van der Waals surface area contributed by atoms with Crippen LogP contribution in [0.15, 0.2) is 30.3 Å². The second-order valence-corrected chi connectivity index (χ2v) is 5.06. The van der Waals surface area contributed by atoms with Crippen molar-refractivity contribution in [2.24, 2.45) is 0 Å². The van der Waals surface area contributed by atoms with E-state index in [1.54, 1.807) is 6.07 Å². The molecule has 2 heterocycles. The zero-order valence-corrected chi connectivity index (χ0v) is 11.3. The van der Waals surface area contributed by atoms with Gasteiger partial charge in [0, 0.05) is 12.0 Å². The smallest absolute Gasteiger partial charge is 0.252 e. The number of nitrogens with one attached hydrogen (secondary N) is 1. The summed E-state index contributed by atoms with van der Waals surface area (Å²) >= 11 is 0. The maximum atomic E-state index is 12.5. The molecule has 1 aliphatic heterocycles. The van der Waals surface area contributed by atoms with Gasteiger partial charge in [0.25, 0.3) is 5.91 Å². The fourth-order valence-corrected chi connectivity index (χ4v) is 2.55.